The largest absolute Gasteiger partial charge is 0.506 e. The van der Waals surface area contributed by atoms with Crippen molar-refractivity contribution in [1.82, 2.24) is 10.2 Å². The summed E-state index contributed by atoms with van der Waals surface area (Å²) in [4.78, 5) is 2.60. The van der Waals surface area contributed by atoms with Crippen molar-refractivity contribution in [3.8, 4) is 5.75 Å². The number of phenolic OH excluding ortho intramolecular Hbond substituents is 1. The van der Waals surface area contributed by atoms with Gasteiger partial charge in [-0.3, -0.25) is 4.90 Å². The minimum atomic E-state index is 0.305. The maximum absolute atomic E-state index is 10.4. The molecule has 1 aromatic carbocycles. The van der Waals surface area contributed by atoms with E-state index in [-0.39, 0.29) is 0 Å². The van der Waals surface area contributed by atoms with Crippen LogP contribution in [0.1, 0.15) is 43.7 Å². The normalized spacial score (nSPS) is 22.2. The molecule has 6 heteroatoms. The lowest BCUT2D eigenvalue weighted by atomic mass is 9.80. The third-order valence-corrected chi connectivity index (χ3v) is 7.18. The molecule has 0 amide bonds. The van der Waals surface area contributed by atoms with Crippen molar-refractivity contribution in [1.29, 1.82) is 0 Å². The van der Waals surface area contributed by atoms with Gasteiger partial charge in [0.05, 0.1) is 8.95 Å². The average molecular weight is 511 g/mol. The molecule has 3 nitrogen and oxygen atoms in total. The van der Waals surface area contributed by atoms with Gasteiger partial charge in [-0.05, 0) is 56.7 Å². The van der Waals surface area contributed by atoms with Crippen LogP contribution in [0.15, 0.2) is 19.5 Å². The predicted molar refractivity (Wildman–Crippen MR) is 105 cm³/mol. The van der Waals surface area contributed by atoms with Crippen LogP contribution in [-0.4, -0.2) is 36.2 Å². The van der Waals surface area contributed by atoms with E-state index in [1.165, 1.54) is 37.7 Å². The van der Waals surface area contributed by atoms with Crippen LogP contribution in [-0.2, 0) is 0 Å². The maximum Gasteiger partial charge on any atom is 0.144 e. The summed E-state index contributed by atoms with van der Waals surface area (Å²) < 4.78 is 2.62. The molecule has 1 aliphatic carbocycles. The molecule has 0 bridgehead atoms. The monoisotopic (exact) mass is 508 g/mol. The molecule has 0 spiro atoms. The number of halogens is 3. The van der Waals surface area contributed by atoms with Gasteiger partial charge < -0.3 is 10.4 Å². The lowest BCUT2D eigenvalue weighted by Crippen LogP contribution is -2.47. The summed E-state index contributed by atoms with van der Waals surface area (Å²) in [7, 11) is 0. The average Bonchev–Trinajstić information content (AvgIpc) is 2.58. The predicted octanol–water partition coefficient (Wildman–Crippen LogP) is 5.21. The Morgan fingerprint density at radius 1 is 1.04 bits per heavy atom. The van der Waals surface area contributed by atoms with E-state index in [4.69, 9.17) is 0 Å². The Kier molecular flexibility index (Phi) is 6.46. The third-order valence-electron chi connectivity index (χ3n) is 5.12. The van der Waals surface area contributed by atoms with Gasteiger partial charge in [0, 0.05) is 42.3 Å². The van der Waals surface area contributed by atoms with Gasteiger partial charge in [-0.15, -0.1) is 0 Å². The zero-order chi connectivity index (χ0) is 16.4. The molecule has 128 valence electrons. The van der Waals surface area contributed by atoms with E-state index in [0.29, 0.717) is 17.7 Å². The molecule has 0 unspecified atom stereocenters. The van der Waals surface area contributed by atoms with Gasteiger partial charge in [-0.1, -0.05) is 35.2 Å². The molecule has 2 N–H and O–H groups in total. The van der Waals surface area contributed by atoms with E-state index in [9.17, 15) is 5.11 Å². The number of piperazine rings is 1. The first kappa shape index (κ1) is 18.2. The summed E-state index contributed by atoms with van der Waals surface area (Å²) in [5.41, 5.74) is 1.21. The van der Waals surface area contributed by atoms with Crippen LogP contribution in [0.4, 0.5) is 0 Å². The Labute approximate surface area is 163 Å². The fourth-order valence-corrected chi connectivity index (χ4v) is 6.58. The van der Waals surface area contributed by atoms with Crippen LogP contribution in [0.3, 0.4) is 0 Å². The van der Waals surface area contributed by atoms with Crippen molar-refractivity contribution in [2.24, 2.45) is 5.92 Å². The Morgan fingerprint density at radius 2 is 1.70 bits per heavy atom. The van der Waals surface area contributed by atoms with Crippen molar-refractivity contribution < 1.29 is 5.11 Å². The van der Waals surface area contributed by atoms with Gasteiger partial charge in [-0.2, -0.15) is 0 Å². The van der Waals surface area contributed by atoms with Crippen molar-refractivity contribution in [2.45, 2.75) is 38.1 Å². The van der Waals surface area contributed by atoms with Crippen molar-refractivity contribution in [2.75, 3.05) is 26.2 Å². The Hall–Kier alpha value is 0.380. The van der Waals surface area contributed by atoms with Crippen molar-refractivity contribution >= 4 is 47.8 Å². The highest BCUT2D eigenvalue weighted by Gasteiger charge is 2.34. The summed E-state index contributed by atoms with van der Waals surface area (Å²) >= 11 is 10.9. The topological polar surface area (TPSA) is 35.5 Å². The minimum absolute atomic E-state index is 0.305. The Balaban J connectivity index is 2.02. The van der Waals surface area contributed by atoms with Gasteiger partial charge in [0.2, 0.25) is 0 Å². The van der Waals surface area contributed by atoms with Crippen LogP contribution >= 0.6 is 47.8 Å². The molecule has 1 heterocycles. The molecule has 0 radical (unpaired) electrons. The van der Waals surface area contributed by atoms with E-state index in [1.807, 2.05) is 6.07 Å². The summed E-state index contributed by atoms with van der Waals surface area (Å²) in [5, 5.41) is 13.9. The van der Waals surface area contributed by atoms with Crippen LogP contribution in [0, 0.1) is 5.92 Å². The number of aromatic hydroxyl groups is 1. The van der Waals surface area contributed by atoms with Crippen LogP contribution in [0.2, 0.25) is 0 Å². The molecule has 0 aromatic heterocycles. The van der Waals surface area contributed by atoms with E-state index < -0.39 is 0 Å². The lowest BCUT2D eigenvalue weighted by Gasteiger charge is -2.42. The molecule has 23 heavy (non-hydrogen) atoms. The molecule has 1 aliphatic heterocycles. The quantitative estimate of drug-likeness (QED) is 0.586. The molecular formula is C17H23Br3N2O. The SMILES string of the molecule is Oc1c(Br)cc(Br)c([C@@H](C2CCCCC2)N2CCNCC2)c1Br. The molecule has 1 saturated heterocycles. The van der Waals surface area contributed by atoms with Crippen LogP contribution in [0.25, 0.3) is 0 Å². The molecular weight excluding hydrogens is 488 g/mol. The highest BCUT2D eigenvalue weighted by atomic mass is 79.9. The van der Waals surface area contributed by atoms with Gasteiger partial charge in [-0.25, -0.2) is 0 Å². The van der Waals surface area contributed by atoms with E-state index in [2.05, 4.69) is 58.0 Å². The Morgan fingerprint density at radius 3 is 2.35 bits per heavy atom. The minimum Gasteiger partial charge on any atom is -0.506 e. The number of nitrogens with one attached hydrogen (secondary N) is 1. The highest BCUT2D eigenvalue weighted by molar-refractivity contribution is 9.11. The molecule has 3 rings (SSSR count). The third kappa shape index (κ3) is 3.97. The fraction of sp³-hybridized carbons (Fsp3) is 0.647. The van der Waals surface area contributed by atoms with Gasteiger partial charge in [0.15, 0.2) is 0 Å². The second-order valence-corrected chi connectivity index (χ2v) is 9.05. The van der Waals surface area contributed by atoms with Crippen LogP contribution < -0.4 is 5.32 Å². The highest BCUT2D eigenvalue weighted by Crippen LogP contribution is 2.48. The number of rotatable bonds is 3. The van der Waals surface area contributed by atoms with Gasteiger partial charge in [0.1, 0.15) is 5.75 Å². The van der Waals surface area contributed by atoms with Crippen molar-refractivity contribution in [3.63, 3.8) is 0 Å². The Bertz CT molecular complexity index is 537. The number of hydrogen-bond acceptors (Lipinski definition) is 3. The molecule has 1 atom stereocenters. The first-order chi connectivity index (χ1) is 11.1. The van der Waals surface area contributed by atoms with Crippen molar-refractivity contribution in [3.05, 3.63) is 25.0 Å². The summed E-state index contributed by atoms with van der Waals surface area (Å²) in [6, 6.07) is 2.34. The first-order valence-electron chi connectivity index (χ1n) is 8.40. The van der Waals surface area contributed by atoms with E-state index in [1.54, 1.807) is 0 Å². The number of hydrogen-bond donors (Lipinski definition) is 2. The standard InChI is InChI=1S/C17H23Br3N2O/c18-12-10-13(19)17(23)15(20)14(12)16(11-4-2-1-3-5-11)22-8-6-21-7-9-22/h10-11,16,21,23H,1-9H2/t16-/m1/s1. The van der Waals surface area contributed by atoms with E-state index in [0.717, 1.165) is 39.6 Å². The lowest BCUT2D eigenvalue weighted by molar-refractivity contribution is 0.102. The zero-order valence-corrected chi connectivity index (χ0v) is 17.9. The summed E-state index contributed by atoms with van der Waals surface area (Å²) in [5.74, 6) is 0.967. The molecule has 2 fully saturated rings. The molecule has 1 aromatic rings. The zero-order valence-electron chi connectivity index (χ0n) is 13.1. The molecule has 1 saturated carbocycles. The number of benzene rings is 1. The summed E-state index contributed by atoms with van der Waals surface area (Å²) in [6.07, 6.45) is 6.57. The second-order valence-electron chi connectivity index (χ2n) is 6.55. The van der Waals surface area contributed by atoms with Gasteiger partial charge in [0.25, 0.3) is 0 Å². The van der Waals surface area contributed by atoms with Crippen LogP contribution in [0.5, 0.6) is 5.75 Å². The fourth-order valence-electron chi connectivity index (χ4n) is 3.99. The number of phenols is 1. The van der Waals surface area contributed by atoms with Gasteiger partial charge >= 0.3 is 0 Å². The second kappa shape index (κ2) is 8.17. The van der Waals surface area contributed by atoms with E-state index >= 15 is 0 Å². The smallest absolute Gasteiger partial charge is 0.144 e. The summed E-state index contributed by atoms with van der Waals surface area (Å²) in [6.45, 7) is 4.22. The maximum atomic E-state index is 10.4. The molecule has 2 aliphatic rings. The number of nitrogens with zero attached hydrogens (tertiary/aromatic N) is 1. The first-order valence-corrected chi connectivity index (χ1v) is 10.8.